The van der Waals surface area contributed by atoms with Crippen molar-refractivity contribution in [2.75, 3.05) is 0 Å². The summed E-state index contributed by atoms with van der Waals surface area (Å²) in [6, 6.07) is 15.8. The maximum atomic E-state index is 12.5. The van der Waals surface area contributed by atoms with E-state index in [4.69, 9.17) is 0 Å². The average Bonchev–Trinajstić information content (AvgIpc) is 2.83. The Labute approximate surface area is 124 Å². The first-order valence-electron chi connectivity index (χ1n) is 7.23. The molecular formula is C18H18N2O. The molecule has 0 radical (unpaired) electrons. The van der Waals surface area contributed by atoms with Crippen molar-refractivity contribution >= 4 is 16.8 Å². The molecule has 0 atom stereocenters. The summed E-state index contributed by atoms with van der Waals surface area (Å²) in [5, 5.41) is 0. The van der Waals surface area contributed by atoms with Crippen LogP contribution in [-0.2, 0) is 13.0 Å². The molecule has 2 aromatic carbocycles. The van der Waals surface area contributed by atoms with Crippen LogP contribution in [0.2, 0.25) is 0 Å². The van der Waals surface area contributed by atoms with Gasteiger partial charge in [-0.05, 0) is 31.0 Å². The first-order valence-corrected chi connectivity index (χ1v) is 7.23. The minimum atomic E-state index is 0.115. The van der Waals surface area contributed by atoms with Gasteiger partial charge in [0.2, 0.25) is 0 Å². The molecular weight excluding hydrogens is 260 g/mol. The topological polar surface area (TPSA) is 34.9 Å². The van der Waals surface area contributed by atoms with E-state index in [0.717, 1.165) is 28.8 Å². The summed E-state index contributed by atoms with van der Waals surface area (Å²) in [6.45, 7) is 4.38. The lowest BCUT2D eigenvalue weighted by molar-refractivity contribution is 0.0972. The average molecular weight is 278 g/mol. The fraction of sp³-hybridized carbons (Fsp3) is 0.222. The van der Waals surface area contributed by atoms with Gasteiger partial charge in [-0.1, -0.05) is 43.3 Å². The SMILES string of the molecule is CCc1ccc(C(=O)Cn2c(C)nc3ccccc32)cc1. The van der Waals surface area contributed by atoms with Crippen LogP contribution in [0.5, 0.6) is 0 Å². The first kappa shape index (κ1) is 13.6. The van der Waals surface area contributed by atoms with Crippen molar-refractivity contribution in [2.45, 2.75) is 26.8 Å². The molecule has 0 saturated carbocycles. The molecule has 1 heterocycles. The van der Waals surface area contributed by atoms with E-state index in [-0.39, 0.29) is 5.78 Å². The lowest BCUT2D eigenvalue weighted by Gasteiger charge is -2.07. The highest BCUT2D eigenvalue weighted by Gasteiger charge is 2.12. The molecule has 0 aliphatic rings. The Hall–Kier alpha value is -2.42. The molecule has 0 fully saturated rings. The van der Waals surface area contributed by atoms with Gasteiger partial charge in [0, 0.05) is 5.56 Å². The van der Waals surface area contributed by atoms with Crippen LogP contribution in [0.4, 0.5) is 0 Å². The van der Waals surface area contributed by atoms with E-state index in [9.17, 15) is 4.79 Å². The van der Waals surface area contributed by atoms with Gasteiger partial charge in [-0.2, -0.15) is 0 Å². The molecule has 3 nitrogen and oxygen atoms in total. The minimum Gasteiger partial charge on any atom is -0.320 e. The Morgan fingerprint density at radius 3 is 2.52 bits per heavy atom. The molecule has 0 amide bonds. The molecule has 3 rings (SSSR count). The third-order valence-corrected chi connectivity index (χ3v) is 3.83. The summed E-state index contributed by atoms with van der Waals surface area (Å²) in [5.74, 6) is 0.985. The van der Waals surface area contributed by atoms with Gasteiger partial charge in [-0.15, -0.1) is 0 Å². The number of hydrogen-bond acceptors (Lipinski definition) is 2. The lowest BCUT2D eigenvalue weighted by Crippen LogP contribution is -2.11. The number of imidazole rings is 1. The number of carbonyl (C=O) groups excluding carboxylic acids is 1. The van der Waals surface area contributed by atoms with Gasteiger partial charge in [0.15, 0.2) is 5.78 Å². The molecule has 0 spiro atoms. The van der Waals surface area contributed by atoms with Crippen LogP contribution in [0.25, 0.3) is 11.0 Å². The van der Waals surface area contributed by atoms with Gasteiger partial charge >= 0.3 is 0 Å². The number of rotatable bonds is 4. The molecule has 0 bridgehead atoms. The molecule has 3 heteroatoms. The van der Waals surface area contributed by atoms with E-state index < -0.39 is 0 Å². The zero-order valence-corrected chi connectivity index (χ0v) is 12.3. The Bertz CT molecular complexity index is 785. The third-order valence-electron chi connectivity index (χ3n) is 3.83. The highest BCUT2D eigenvalue weighted by Crippen LogP contribution is 2.16. The summed E-state index contributed by atoms with van der Waals surface area (Å²) in [4.78, 5) is 17.0. The van der Waals surface area contributed by atoms with Crippen molar-refractivity contribution in [2.24, 2.45) is 0 Å². The largest absolute Gasteiger partial charge is 0.320 e. The number of fused-ring (bicyclic) bond motifs is 1. The Kier molecular flexibility index (Phi) is 3.57. The van der Waals surface area contributed by atoms with Crippen LogP contribution < -0.4 is 0 Å². The van der Waals surface area contributed by atoms with Crippen LogP contribution in [0, 0.1) is 6.92 Å². The van der Waals surface area contributed by atoms with E-state index in [1.54, 1.807) is 0 Å². The molecule has 1 aromatic heterocycles. The maximum absolute atomic E-state index is 12.5. The first-order chi connectivity index (χ1) is 10.2. The molecule has 0 N–H and O–H groups in total. The summed E-state index contributed by atoms with van der Waals surface area (Å²) in [5.41, 5.74) is 3.94. The Morgan fingerprint density at radius 2 is 1.81 bits per heavy atom. The summed E-state index contributed by atoms with van der Waals surface area (Å²) in [7, 11) is 0. The Morgan fingerprint density at radius 1 is 1.10 bits per heavy atom. The van der Waals surface area contributed by atoms with Crippen LogP contribution >= 0.6 is 0 Å². The summed E-state index contributed by atoms with van der Waals surface area (Å²) >= 11 is 0. The van der Waals surface area contributed by atoms with Crippen molar-refractivity contribution in [3.05, 3.63) is 65.5 Å². The van der Waals surface area contributed by atoms with E-state index >= 15 is 0 Å². The third kappa shape index (κ3) is 2.59. The number of para-hydroxylation sites is 2. The van der Waals surface area contributed by atoms with E-state index in [1.165, 1.54) is 5.56 Å². The van der Waals surface area contributed by atoms with Crippen molar-refractivity contribution < 1.29 is 4.79 Å². The number of aryl methyl sites for hydroxylation is 2. The zero-order chi connectivity index (χ0) is 14.8. The second kappa shape index (κ2) is 5.52. The normalized spacial score (nSPS) is 11.0. The number of benzene rings is 2. The predicted octanol–water partition coefficient (Wildman–Crippen LogP) is 3.79. The molecule has 0 aliphatic carbocycles. The summed E-state index contributed by atoms with van der Waals surface area (Å²) < 4.78 is 1.98. The van der Waals surface area contributed by atoms with Gasteiger partial charge in [-0.3, -0.25) is 4.79 Å². The number of hydrogen-bond donors (Lipinski definition) is 0. The monoisotopic (exact) mass is 278 g/mol. The van der Waals surface area contributed by atoms with Crippen molar-refractivity contribution in [3.8, 4) is 0 Å². The molecule has 0 unspecified atom stereocenters. The number of carbonyl (C=O) groups is 1. The van der Waals surface area contributed by atoms with Crippen molar-refractivity contribution in [3.63, 3.8) is 0 Å². The standard InChI is InChI=1S/C18H18N2O/c1-3-14-8-10-15(11-9-14)18(21)12-20-13(2)19-16-6-4-5-7-17(16)20/h4-11H,3,12H2,1-2H3. The zero-order valence-electron chi connectivity index (χ0n) is 12.3. The molecule has 0 saturated heterocycles. The smallest absolute Gasteiger partial charge is 0.182 e. The van der Waals surface area contributed by atoms with Gasteiger partial charge in [0.05, 0.1) is 17.6 Å². The van der Waals surface area contributed by atoms with Crippen LogP contribution in [0.1, 0.15) is 28.7 Å². The van der Waals surface area contributed by atoms with Crippen LogP contribution in [0.3, 0.4) is 0 Å². The fourth-order valence-electron chi connectivity index (χ4n) is 2.56. The molecule has 3 aromatic rings. The predicted molar refractivity (Wildman–Crippen MR) is 84.6 cm³/mol. The van der Waals surface area contributed by atoms with E-state index in [2.05, 4.69) is 11.9 Å². The van der Waals surface area contributed by atoms with Crippen molar-refractivity contribution in [1.29, 1.82) is 0 Å². The van der Waals surface area contributed by atoms with Gasteiger partial charge in [0.25, 0.3) is 0 Å². The lowest BCUT2D eigenvalue weighted by atomic mass is 10.1. The van der Waals surface area contributed by atoms with Crippen LogP contribution in [-0.4, -0.2) is 15.3 Å². The second-order valence-corrected chi connectivity index (χ2v) is 5.21. The number of Topliss-reactive ketones (excluding diaryl/α,β-unsaturated/α-hetero) is 1. The number of ketones is 1. The van der Waals surface area contributed by atoms with Crippen LogP contribution in [0.15, 0.2) is 48.5 Å². The second-order valence-electron chi connectivity index (χ2n) is 5.21. The van der Waals surface area contributed by atoms with Gasteiger partial charge in [-0.25, -0.2) is 4.98 Å². The highest BCUT2D eigenvalue weighted by atomic mass is 16.1. The fourth-order valence-corrected chi connectivity index (χ4v) is 2.56. The number of nitrogens with zero attached hydrogens (tertiary/aromatic N) is 2. The summed E-state index contributed by atoms with van der Waals surface area (Å²) in [6.07, 6.45) is 0.986. The van der Waals surface area contributed by atoms with Gasteiger partial charge in [0.1, 0.15) is 5.82 Å². The van der Waals surface area contributed by atoms with E-state index in [0.29, 0.717) is 6.54 Å². The molecule has 21 heavy (non-hydrogen) atoms. The molecule has 106 valence electrons. The van der Waals surface area contributed by atoms with Gasteiger partial charge < -0.3 is 4.57 Å². The van der Waals surface area contributed by atoms with E-state index in [1.807, 2.05) is 60.0 Å². The van der Waals surface area contributed by atoms with Crippen molar-refractivity contribution in [1.82, 2.24) is 9.55 Å². The maximum Gasteiger partial charge on any atom is 0.182 e. The quantitative estimate of drug-likeness (QED) is 0.680. The minimum absolute atomic E-state index is 0.115. The Balaban J connectivity index is 1.90. The highest BCUT2D eigenvalue weighted by molar-refractivity contribution is 5.96. The number of aromatic nitrogens is 2. The molecule has 0 aliphatic heterocycles.